The van der Waals surface area contributed by atoms with Gasteiger partial charge in [-0.2, -0.15) is 0 Å². The normalized spacial score (nSPS) is 12.7. The molecule has 212 valence electrons. The minimum absolute atomic E-state index is 0.752. The number of para-hydroxylation sites is 1. The molecule has 0 saturated carbocycles. The van der Waals surface area contributed by atoms with E-state index in [1.54, 1.807) is 12.3 Å². The first-order chi connectivity index (χ1) is 21.6. The van der Waals surface area contributed by atoms with Crippen molar-refractivity contribution < 1.29 is 0 Å². The molecule has 4 N–H and O–H groups in total. The molecule has 0 aliphatic heterocycles. The van der Waals surface area contributed by atoms with E-state index in [0.717, 1.165) is 33.5 Å². The van der Waals surface area contributed by atoms with Crippen LogP contribution in [0.25, 0.3) is 71.4 Å². The molecule has 0 atom stereocenters. The molecule has 0 unspecified atom stereocenters. The summed E-state index contributed by atoms with van der Waals surface area (Å²) in [6.45, 7) is 5.88. The summed E-state index contributed by atoms with van der Waals surface area (Å²) >= 11 is 0. The summed E-state index contributed by atoms with van der Waals surface area (Å²) in [5.74, 6) is 0. The third-order valence-electron chi connectivity index (χ3n) is 8.47. The zero-order chi connectivity index (χ0) is 30.2. The Balaban J connectivity index is 1.44. The Hall–Kier alpha value is -5.80. The van der Waals surface area contributed by atoms with E-state index < -0.39 is 0 Å². The van der Waals surface area contributed by atoms with Crippen LogP contribution in [0.2, 0.25) is 0 Å². The summed E-state index contributed by atoms with van der Waals surface area (Å²) in [6, 6.07) is 41.5. The zero-order valence-electron chi connectivity index (χ0n) is 24.7. The van der Waals surface area contributed by atoms with E-state index in [1.807, 2.05) is 25.2 Å². The van der Waals surface area contributed by atoms with Crippen molar-refractivity contribution in [2.24, 2.45) is 11.5 Å². The molecule has 7 rings (SSSR count). The molecule has 3 heteroatoms. The van der Waals surface area contributed by atoms with Crippen molar-refractivity contribution >= 4 is 54.6 Å². The first kappa shape index (κ1) is 27.1. The molecule has 0 saturated heterocycles. The second-order valence-corrected chi connectivity index (χ2v) is 11.1. The van der Waals surface area contributed by atoms with Gasteiger partial charge < -0.3 is 16.0 Å². The lowest BCUT2D eigenvalue weighted by Crippen LogP contribution is -1.97. The number of rotatable bonds is 6. The molecule has 44 heavy (non-hydrogen) atoms. The van der Waals surface area contributed by atoms with Crippen LogP contribution in [0.3, 0.4) is 0 Å². The van der Waals surface area contributed by atoms with Crippen LogP contribution in [0.1, 0.15) is 18.1 Å². The second-order valence-electron chi connectivity index (χ2n) is 11.1. The minimum Gasteiger partial charge on any atom is -0.404 e. The van der Waals surface area contributed by atoms with Crippen molar-refractivity contribution in [2.45, 2.75) is 6.92 Å². The molecule has 0 radical (unpaired) electrons. The third-order valence-corrected chi connectivity index (χ3v) is 8.47. The number of fused-ring (bicyclic) bond motifs is 6. The average Bonchev–Trinajstić information content (AvgIpc) is 3.41. The molecule has 7 aromatic rings. The van der Waals surface area contributed by atoms with E-state index in [4.69, 9.17) is 11.5 Å². The monoisotopic (exact) mass is 567 g/mol. The number of allylic oxidation sites excluding steroid dienone is 5. The lowest BCUT2D eigenvalue weighted by Gasteiger charge is -2.12. The van der Waals surface area contributed by atoms with Gasteiger partial charge in [0.15, 0.2) is 0 Å². The summed E-state index contributed by atoms with van der Waals surface area (Å²) in [6.07, 6.45) is 9.29. The van der Waals surface area contributed by atoms with E-state index in [1.165, 1.54) is 49.1 Å². The molecular weight excluding hydrogens is 534 g/mol. The molecular formula is C41H33N3. The summed E-state index contributed by atoms with van der Waals surface area (Å²) in [5.41, 5.74) is 21.8. The summed E-state index contributed by atoms with van der Waals surface area (Å²) in [5, 5.41) is 7.15. The highest BCUT2D eigenvalue weighted by Crippen LogP contribution is 2.39. The fourth-order valence-corrected chi connectivity index (χ4v) is 6.22. The summed E-state index contributed by atoms with van der Waals surface area (Å²) in [7, 11) is 0. The fraction of sp³-hybridized carbons (Fsp3) is 0.0244. The molecule has 1 aromatic heterocycles. The topological polar surface area (TPSA) is 57.0 Å². The number of hydrogen-bond donors (Lipinski definition) is 2. The van der Waals surface area contributed by atoms with Gasteiger partial charge >= 0.3 is 0 Å². The van der Waals surface area contributed by atoms with Gasteiger partial charge in [-0.25, -0.2) is 0 Å². The van der Waals surface area contributed by atoms with Crippen molar-refractivity contribution in [1.29, 1.82) is 0 Å². The van der Waals surface area contributed by atoms with Crippen LogP contribution < -0.4 is 11.5 Å². The molecule has 0 fully saturated rings. The maximum Gasteiger partial charge on any atom is 0.0619 e. The van der Waals surface area contributed by atoms with E-state index in [2.05, 4.69) is 126 Å². The largest absolute Gasteiger partial charge is 0.404 e. The Labute approximate surface area is 257 Å². The Kier molecular flexibility index (Phi) is 6.84. The molecule has 0 aliphatic carbocycles. The van der Waals surface area contributed by atoms with Gasteiger partial charge in [0.1, 0.15) is 0 Å². The SMILES string of the molecule is C=C/C(=C\N)c1ccc2cc(-c3ccc4c5ccc6cc(/C(N)=C/C=C\C)ccc6c5n(-c5ccccc5)c4c3)ccc2c1. The van der Waals surface area contributed by atoms with Crippen molar-refractivity contribution in [3.05, 3.63) is 163 Å². The van der Waals surface area contributed by atoms with Gasteiger partial charge in [0.05, 0.1) is 11.0 Å². The maximum absolute atomic E-state index is 6.40. The lowest BCUT2D eigenvalue weighted by molar-refractivity contribution is 1.19. The molecule has 0 aliphatic rings. The second kappa shape index (κ2) is 11.1. The molecule has 6 aromatic carbocycles. The van der Waals surface area contributed by atoms with E-state index >= 15 is 0 Å². The van der Waals surface area contributed by atoms with Crippen LogP contribution >= 0.6 is 0 Å². The highest BCUT2D eigenvalue weighted by atomic mass is 15.0. The quantitative estimate of drug-likeness (QED) is 0.196. The smallest absolute Gasteiger partial charge is 0.0619 e. The molecule has 0 bridgehead atoms. The predicted molar refractivity (Wildman–Crippen MR) is 191 cm³/mol. The highest BCUT2D eigenvalue weighted by molar-refractivity contribution is 6.19. The lowest BCUT2D eigenvalue weighted by atomic mass is 9.97. The van der Waals surface area contributed by atoms with Crippen LogP contribution in [-0.4, -0.2) is 4.57 Å². The number of hydrogen-bond acceptors (Lipinski definition) is 2. The Morgan fingerprint density at radius 3 is 2.14 bits per heavy atom. The van der Waals surface area contributed by atoms with Crippen LogP contribution in [0.4, 0.5) is 0 Å². The molecule has 0 spiro atoms. The number of nitrogens with zero attached hydrogens (tertiary/aromatic N) is 1. The van der Waals surface area contributed by atoms with Gasteiger partial charge in [0, 0.05) is 33.7 Å². The summed E-state index contributed by atoms with van der Waals surface area (Å²) in [4.78, 5) is 0. The standard InChI is InChI=1S/C41H33N3/c1-3-5-11-39(43)34-18-19-36-33(24-34)17-21-38-37-20-16-32(25-40(37)44(41(36)38)35-9-7-6-8-10-35)31-15-14-29-22-28(27(4-2)26-42)12-13-30(29)23-31/h3-26H,2,42-43H2,1H3/b5-3-,27-26+,39-11-. The van der Waals surface area contributed by atoms with Crippen LogP contribution in [0.5, 0.6) is 0 Å². The Morgan fingerprint density at radius 2 is 1.34 bits per heavy atom. The van der Waals surface area contributed by atoms with E-state index in [-0.39, 0.29) is 0 Å². The summed E-state index contributed by atoms with van der Waals surface area (Å²) < 4.78 is 2.40. The third kappa shape index (κ3) is 4.56. The van der Waals surface area contributed by atoms with Gasteiger partial charge in [0.25, 0.3) is 0 Å². The van der Waals surface area contributed by atoms with Gasteiger partial charge in [0.2, 0.25) is 0 Å². The van der Waals surface area contributed by atoms with Gasteiger partial charge in [-0.05, 0) is 93.4 Å². The van der Waals surface area contributed by atoms with Crippen LogP contribution in [-0.2, 0) is 0 Å². The van der Waals surface area contributed by atoms with Crippen molar-refractivity contribution in [2.75, 3.05) is 0 Å². The van der Waals surface area contributed by atoms with E-state index in [9.17, 15) is 0 Å². The average molecular weight is 568 g/mol. The van der Waals surface area contributed by atoms with Crippen LogP contribution in [0, 0.1) is 0 Å². The maximum atomic E-state index is 6.40. The van der Waals surface area contributed by atoms with Gasteiger partial charge in [-0.1, -0.05) is 104 Å². The van der Waals surface area contributed by atoms with Gasteiger partial charge in [-0.3, -0.25) is 0 Å². The zero-order valence-corrected chi connectivity index (χ0v) is 24.7. The van der Waals surface area contributed by atoms with Crippen molar-refractivity contribution in [3.63, 3.8) is 0 Å². The molecule has 0 amide bonds. The predicted octanol–water partition coefficient (Wildman–Crippen LogP) is 10.1. The molecule has 3 nitrogen and oxygen atoms in total. The Bertz CT molecular complexity index is 2310. The number of benzene rings is 6. The first-order valence-corrected chi connectivity index (χ1v) is 14.8. The van der Waals surface area contributed by atoms with Crippen molar-refractivity contribution in [3.8, 4) is 16.8 Å². The highest BCUT2D eigenvalue weighted by Gasteiger charge is 2.16. The minimum atomic E-state index is 0.752. The van der Waals surface area contributed by atoms with Gasteiger partial charge in [-0.15, -0.1) is 0 Å². The number of nitrogens with two attached hydrogens (primary N) is 2. The van der Waals surface area contributed by atoms with E-state index in [0.29, 0.717) is 0 Å². The molecule has 1 heterocycles. The fourth-order valence-electron chi connectivity index (χ4n) is 6.22. The van der Waals surface area contributed by atoms with Crippen LogP contribution in [0.15, 0.2) is 152 Å². The van der Waals surface area contributed by atoms with Crippen molar-refractivity contribution in [1.82, 2.24) is 4.57 Å². The first-order valence-electron chi connectivity index (χ1n) is 14.8. The Morgan fingerprint density at radius 1 is 0.682 bits per heavy atom. The number of aromatic nitrogens is 1.